The van der Waals surface area contributed by atoms with E-state index in [-0.39, 0.29) is 22.3 Å². The minimum absolute atomic E-state index is 0.0369. The van der Waals surface area contributed by atoms with Gasteiger partial charge in [0, 0.05) is 18.7 Å². The van der Waals surface area contributed by atoms with Gasteiger partial charge in [0.2, 0.25) is 10.0 Å². The van der Waals surface area contributed by atoms with Crippen molar-refractivity contribution in [2.75, 3.05) is 34.4 Å². The summed E-state index contributed by atoms with van der Waals surface area (Å²) in [4.78, 5) is 12.8. The van der Waals surface area contributed by atoms with Gasteiger partial charge in [0.1, 0.15) is 10.6 Å². The Labute approximate surface area is 184 Å². The number of amides is 1. The van der Waals surface area contributed by atoms with Gasteiger partial charge in [-0.15, -0.1) is 0 Å². The largest absolute Gasteiger partial charge is 0.495 e. The number of rotatable bonds is 10. The molecule has 31 heavy (non-hydrogen) atoms. The molecule has 0 radical (unpaired) electrons. The predicted molar refractivity (Wildman–Crippen MR) is 119 cm³/mol. The molecule has 1 amide bonds. The highest BCUT2D eigenvalue weighted by molar-refractivity contribution is 7.89. The van der Waals surface area contributed by atoms with Crippen molar-refractivity contribution in [3.05, 3.63) is 47.5 Å². The highest BCUT2D eigenvalue weighted by Gasteiger charge is 2.27. The second-order valence-electron chi connectivity index (χ2n) is 6.76. The van der Waals surface area contributed by atoms with Crippen LogP contribution in [-0.4, -0.2) is 53.0 Å². The van der Waals surface area contributed by atoms with Crippen LogP contribution in [0.2, 0.25) is 0 Å². The molecule has 170 valence electrons. The van der Waals surface area contributed by atoms with Gasteiger partial charge in [0.25, 0.3) is 5.91 Å². The van der Waals surface area contributed by atoms with E-state index in [1.807, 2.05) is 13.0 Å². The fraction of sp³-hybridized carbons (Fsp3) is 0.409. The summed E-state index contributed by atoms with van der Waals surface area (Å²) in [5.41, 5.74) is 1.04. The number of sulfonamides is 1. The minimum atomic E-state index is -3.80. The first kappa shape index (κ1) is 24.5. The van der Waals surface area contributed by atoms with E-state index in [0.29, 0.717) is 24.6 Å². The minimum Gasteiger partial charge on any atom is -0.495 e. The molecule has 8 nitrogen and oxygen atoms in total. The molecule has 0 aliphatic heterocycles. The van der Waals surface area contributed by atoms with Gasteiger partial charge in [0.05, 0.1) is 27.4 Å². The summed E-state index contributed by atoms with van der Waals surface area (Å²) in [6, 6.07) is 9.41. The molecule has 0 spiro atoms. The molecule has 2 aromatic carbocycles. The predicted octanol–water partition coefficient (Wildman–Crippen LogP) is 3.23. The molecule has 2 aromatic rings. The van der Waals surface area contributed by atoms with Gasteiger partial charge in [-0.05, 0) is 42.8 Å². The van der Waals surface area contributed by atoms with Crippen LogP contribution in [0.15, 0.2) is 41.3 Å². The Morgan fingerprint density at radius 1 is 0.935 bits per heavy atom. The van der Waals surface area contributed by atoms with Gasteiger partial charge >= 0.3 is 0 Å². The molecule has 0 bridgehead atoms. The van der Waals surface area contributed by atoms with Crippen molar-refractivity contribution < 1.29 is 27.4 Å². The molecule has 1 atom stereocenters. The van der Waals surface area contributed by atoms with E-state index >= 15 is 0 Å². The molecule has 0 saturated carbocycles. The number of nitrogens with one attached hydrogen (secondary N) is 1. The highest BCUT2D eigenvalue weighted by Crippen LogP contribution is 2.31. The van der Waals surface area contributed by atoms with Crippen molar-refractivity contribution in [3.8, 4) is 17.2 Å². The first-order chi connectivity index (χ1) is 14.7. The summed E-state index contributed by atoms with van der Waals surface area (Å²) >= 11 is 0. The number of methoxy groups -OCH3 is 3. The summed E-state index contributed by atoms with van der Waals surface area (Å²) in [6.45, 7) is 5.98. The van der Waals surface area contributed by atoms with E-state index in [0.717, 1.165) is 5.56 Å². The van der Waals surface area contributed by atoms with Crippen molar-refractivity contribution in [2.24, 2.45) is 0 Å². The average Bonchev–Trinajstić information content (AvgIpc) is 2.78. The summed E-state index contributed by atoms with van der Waals surface area (Å²) < 4.78 is 43.1. The number of hydrogen-bond donors (Lipinski definition) is 1. The molecule has 0 fully saturated rings. The zero-order valence-electron chi connectivity index (χ0n) is 18.8. The lowest BCUT2D eigenvalue weighted by Crippen LogP contribution is -2.31. The van der Waals surface area contributed by atoms with Crippen LogP contribution in [0.4, 0.5) is 0 Å². The van der Waals surface area contributed by atoms with E-state index in [1.165, 1.54) is 29.6 Å². The van der Waals surface area contributed by atoms with Crippen LogP contribution in [-0.2, 0) is 10.0 Å². The lowest BCUT2D eigenvalue weighted by atomic mass is 10.1. The molecular weight excluding hydrogens is 420 g/mol. The molecular formula is C22H30N2O6S. The number of benzene rings is 2. The molecule has 0 heterocycles. The molecule has 2 rings (SSSR count). The van der Waals surface area contributed by atoms with Crippen molar-refractivity contribution in [1.29, 1.82) is 0 Å². The molecule has 9 heteroatoms. The van der Waals surface area contributed by atoms with Gasteiger partial charge in [-0.2, -0.15) is 4.31 Å². The molecule has 0 unspecified atom stereocenters. The Morgan fingerprint density at radius 3 is 2.06 bits per heavy atom. The highest BCUT2D eigenvalue weighted by atomic mass is 32.2. The standard InChI is InChI=1S/C22H30N2O6S/c1-7-24(8-2)31(26,27)21-14-17(10-12-19(21)29-5)22(25)23-15(3)16-9-11-18(28-4)20(13-16)30-6/h9-15H,7-8H2,1-6H3,(H,23,25)/t15-/m1/s1. The van der Waals surface area contributed by atoms with E-state index in [1.54, 1.807) is 40.2 Å². The zero-order valence-corrected chi connectivity index (χ0v) is 19.6. The van der Waals surface area contributed by atoms with Crippen LogP contribution < -0.4 is 19.5 Å². The van der Waals surface area contributed by atoms with Crippen LogP contribution in [0.25, 0.3) is 0 Å². The number of carbonyl (C=O) groups is 1. The van der Waals surface area contributed by atoms with Crippen molar-refractivity contribution in [1.82, 2.24) is 9.62 Å². The normalized spacial score (nSPS) is 12.4. The van der Waals surface area contributed by atoms with E-state index in [2.05, 4.69) is 5.32 Å². The Morgan fingerprint density at radius 2 is 1.52 bits per heavy atom. The smallest absolute Gasteiger partial charge is 0.251 e. The maximum Gasteiger partial charge on any atom is 0.251 e. The maximum absolute atomic E-state index is 13.0. The monoisotopic (exact) mass is 450 g/mol. The number of nitrogens with zero attached hydrogens (tertiary/aromatic N) is 1. The molecule has 0 saturated heterocycles. The fourth-order valence-corrected chi connectivity index (χ4v) is 4.85. The van der Waals surface area contributed by atoms with Gasteiger partial charge in [0.15, 0.2) is 11.5 Å². The molecule has 0 aliphatic rings. The Kier molecular flexibility index (Phi) is 8.29. The van der Waals surface area contributed by atoms with Gasteiger partial charge in [-0.25, -0.2) is 8.42 Å². The van der Waals surface area contributed by atoms with Crippen molar-refractivity contribution >= 4 is 15.9 Å². The fourth-order valence-electron chi connectivity index (χ4n) is 3.21. The van der Waals surface area contributed by atoms with E-state index < -0.39 is 15.9 Å². The van der Waals surface area contributed by atoms with Crippen LogP contribution in [0.3, 0.4) is 0 Å². The summed E-state index contributed by atoms with van der Waals surface area (Å²) in [5, 5.41) is 2.89. The lowest BCUT2D eigenvalue weighted by Gasteiger charge is -2.21. The van der Waals surface area contributed by atoms with Crippen LogP contribution in [0, 0.1) is 0 Å². The Balaban J connectivity index is 2.34. The zero-order chi connectivity index (χ0) is 23.2. The second-order valence-corrected chi connectivity index (χ2v) is 8.67. The molecule has 0 aromatic heterocycles. The van der Waals surface area contributed by atoms with Gasteiger partial charge in [-0.3, -0.25) is 4.79 Å². The SMILES string of the molecule is CCN(CC)S(=O)(=O)c1cc(C(=O)N[C@H](C)c2ccc(OC)c(OC)c2)ccc1OC. The van der Waals surface area contributed by atoms with Gasteiger partial charge in [-0.1, -0.05) is 19.9 Å². The van der Waals surface area contributed by atoms with Gasteiger partial charge < -0.3 is 19.5 Å². The average molecular weight is 451 g/mol. The third kappa shape index (κ3) is 5.29. The first-order valence-corrected chi connectivity index (χ1v) is 11.4. The lowest BCUT2D eigenvalue weighted by molar-refractivity contribution is 0.0939. The maximum atomic E-state index is 13.0. The number of ether oxygens (including phenoxy) is 3. The summed E-state index contributed by atoms with van der Waals surface area (Å²) in [6.07, 6.45) is 0. The van der Waals surface area contributed by atoms with Crippen LogP contribution in [0.1, 0.15) is 42.7 Å². The second kappa shape index (κ2) is 10.5. The van der Waals surface area contributed by atoms with E-state index in [4.69, 9.17) is 14.2 Å². The summed E-state index contributed by atoms with van der Waals surface area (Å²) in [7, 11) is 0.692. The topological polar surface area (TPSA) is 94.2 Å². The van der Waals surface area contributed by atoms with Crippen molar-refractivity contribution in [2.45, 2.75) is 31.7 Å². The number of hydrogen-bond acceptors (Lipinski definition) is 6. The molecule has 1 N–H and O–H groups in total. The first-order valence-electron chi connectivity index (χ1n) is 9.94. The van der Waals surface area contributed by atoms with Crippen molar-refractivity contribution in [3.63, 3.8) is 0 Å². The van der Waals surface area contributed by atoms with Crippen LogP contribution >= 0.6 is 0 Å². The third-order valence-electron chi connectivity index (χ3n) is 5.00. The molecule has 0 aliphatic carbocycles. The Bertz CT molecular complexity index is 1020. The van der Waals surface area contributed by atoms with Crippen LogP contribution in [0.5, 0.6) is 17.2 Å². The quantitative estimate of drug-likeness (QED) is 0.597. The third-order valence-corrected chi connectivity index (χ3v) is 7.08. The summed E-state index contributed by atoms with van der Waals surface area (Å²) in [5.74, 6) is 0.932. The Hall–Kier alpha value is -2.78. The van der Waals surface area contributed by atoms with E-state index in [9.17, 15) is 13.2 Å². The number of carbonyl (C=O) groups excluding carboxylic acids is 1.